The zero-order valence-corrected chi connectivity index (χ0v) is 15.0. The fraction of sp³-hybridized carbons (Fsp3) is 0.143. The second-order valence-corrected chi connectivity index (χ2v) is 6.71. The van der Waals surface area contributed by atoms with Crippen LogP contribution in [-0.4, -0.2) is 15.9 Å². The minimum atomic E-state index is -0.311. The number of nitrogen functional groups attached to an aromatic ring is 1. The Balaban J connectivity index is 1.57. The lowest BCUT2D eigenvalue weighted by atomic mass is 10.0. The number of pyridine rings is 1. The van der Waals surface area contributed by atoms with Crippen LogP contribution in [0, 0.1) is 6.92 Å². The Morgan fingerprint density at radius 1 is 1.11 bits per heavy atom. The maximum Gasteiger partial charge on any atom is 0.322 e. The summed E-state index contributed by atoms with van der Waals surface area (Å²) in [4.78, 5) is 28.6. The van der Waals surface area contributed by atoms with Crippen LogP contribution in [0.4, 0.5) is 16.2 Å². The Labute approximate surface area is 156 Å². The first-order chi connectivity index (χ1) is 13.0. The highest BCUT2D eigenvalue weighted by Gasteiger charge is 2.23. The Bertz CT molecular complexity index is 1060. The van der Waals surface area contributed by atoms with Crippen molar-refractivity contribution in [3.05, 3.63) is 81.8 Å². The quantitative estimate of drug-likeness (QED) is 0.653. The lowest BCUT2D eigenvalue weighted by molar-refractivity contribution is 0.212. The fourth-order valence-corrected chi connectivity index (χ4v) is 3.41. The molecule has 0 radical (unpaired) electrons. The van der Waals surface area contributed by atoms with Crippen LogP contribution in [0.25, 0.3) is 11.1 Å². The van der Waals surface area contributed by atoms with Crippen LogP contribution in [0.1, 0.15) is 16.7 Å². The Hall–Kier alpha value is -3.54. The third-order valence-corrected chi connectivity index (χ3v) is 4.95. The Kier molecular flexibility index (Phi) is 4.16. The van der Waals surface area contributed by atoms with Crippen LogP contribution in [0.15, 0.2) is 59.5 Å². The first kappa shape index (κ1) is 16.9. The highest BCUT2D eigenvalue weighted by molar-refractivity contribution is 5.92. The number of amides is 2. The summed E-state index contributed by atoms with van der Waals surface area (Å²) in [6, 6.07) is 15.3. The van der Waals surface area contributed by atoms with Crippen LogP contribution in [0.3, 0.4) is 0 Å². The minimum Gasteiger partial charge on any atom is -0.394 e. The molecule has 1 aliphatic heterocycles. The molecule has 0 unspecified atom stereocenters. The number of nitrogens with one attached hydrogen (secondary N) is 2. The molecule has 1 aliphatic rings. The van der Waals surface area contributed by atoms with Crippen LogP contribution in [0.2, 0.25) is 0 Å². The zero-order valence-electron chi connectivity index (χ0n) is 15.0. The van der Waals surface area contributed by atoms with Gasteiger partial charge in [0.1, 0.15) is 0 Å². The number of rotatable bonds is 2. The summed E-state index contributed by atoms with van der Waals surface area (Å²) in [6.07, 6.45) is 1.63. The summed E-state index contributed by atoms with van der Waals surface area (Å²) in [5, 5.41) is 3.01. The largest absolute Gasteiger partial charge is 0.394 e. The number of nitrogens with zero attached hydrogens (tertiary/aromatic N) is 1. The van der Waals surface area contributed by atoms with Gasteiger partial charge in [0.25, 0.3) is 5.56 Å². The fourth-order valence-electron chi connectivity index (χ4n) is 3.41. The van der Waals surface area contributed by atoms with Crippen LogP contribution < -0.4 is 16.6 Å². The standard InChI is InChI=1S/C21H20N4O2/c1-13-17(16-9-18(22)20(26)23-10-16)7-4-8-19(13)24-21(27)25-11-14-5-2-3-6-15(14)12-25/h2-10H,11-12,22H2,1H3,(H,23,26)(H,24,27). The highest BCUT2D eigenvalue weighted by Crippen LogP contribution is 2.29. The molecule has 136 valence electrons. The molecule has 1 aromatic heterocycles. The molecule has 6 nitrogen and oxygen atoms in total. The number of fused-ring (bicyclic) bond motifs is 1. The molecule has 6 heteroatoms. The van der Waals surface area contributed by atoms with Crippen LogP contribution >= 0.6 is 0 Å². The summed E-state index contributed by atoms with van der Waals surface area (Å²) < 4.78 is 0. The first-order valence-electron chi connectivity index (χ1n) is 8.74. The number of nitrogens with two attached hydrogens (primary N) is 1. The van der Waals surface area contributed by atoms with E-state index >= 15 is 0 Å². The third kappa shape index (κ3) is 3.17. The van der Waals surface area contributed by atoms with Crippen LogP contribution in [0.5, 0.6) is 0 Å². The molecular formula is C21H20N4O2. The molecule has 0 saturated carbocycles. The van der Waals surface area contributed by atoms with Gasteiger partial charge >= 0.3 is 6.03 Å². The van der Waals surface area contributed by atoms with E-state index < -0.39 is 0 Å². The number of hydrogen-bond donors (Lipinski definition) is 3. The van der Waals surface area contributed by atoms with Gasteiger partial charge in [0.05, 0.1) is 5.69 Å². The lowest BCUT2D eigenvalue weighted by Crippen LogP contribution is -2.30. The van der Waals surface area contributed by atoms with E-state index in [1.807, 2.05) is 37.3 Å². The van der Waals surface area contributed by atoms with Gasteiger partial charge in [-0.3, -0.25) is 4.79 Å². The average Bonchev–Trinajstić information content (AvgIpc) is 3.10. The highest BCUT2D eigenvalue weighted by atomic mass is 16.2. The second kappa shape index (κ2) is 6.64. The average molecular weight is 360 g/mol. The van der Waals surface area contributed by atoms with Gasteiger partial charge in [-0.2, -0.15) is 0 Å². The van der Waals surface area contributed by atoms with Crippen molar-refractivity contribution in [3.8, 4) is 11.1 Å². The summed E-state index contributed by atoms with van der Waals surface area (Å²) >= 11 is 0. The number of benzene rings is 2. The maximum atomic E-state index is 12.7. The zero-order chi connectivity index (χ0) is 19.0. The monoisotopic (exact) mass is 360 g/mol. The van der Waals surface area contributed by atoms with E-state index in [4.69, 9.17) is 5.73 Å². The molecule has 2 aromatic carbocycles. The molecule has 0 bridgehead atoms. The van der Waals surface area contributed by atoms with Gasteiger partial charge in [0, 0.05) is 30.5 Å². The summed E-state index contributed by atoms with van der Waals surface area (Å²) in [5.74, 6) is 0. The lowest BCUT2D eigenvalue weighted by Gasteiger charge is -2.18. The number of hydrogen-bond acceptors (Lipinski definition) is 3. The van der Waals surface area contributed by atoms with E-state index in [0.717, 1.165) is 22.4 Å². The third-order valence-electron chi connectivity index (χ3n) is 4.95. The smallest absolute Gasteiger partial charge is 0.322 e. The molecular weight excluding hydrogens is 340 g/mol. The molecule has 4 N–H and O–H groups in total. The molecule has 0 saturated heterocycles. The number of anilines is 2. The molecule has 3 aromatic rings. The topological polar surface area (TPSA) is 91.2 Å². The van der Waals surface area contributed by atoms with Gasteiger partial charge in [-0.05, 0) is 41.3 Å². The molecule has 27 heavy (non-hydrogen) atoms. The van der Waals surface area contributed by atoms with Crippen molar-refractivity contribution in [2.24, 2.45) is 0 Å². The summed E-state index contributed by atoms with van der Waals surface area (Å²) in [6.45, 7) is 3.15. The van der Waals surface area contributed by atoms with E-state index in [1.165, 1.54) is 11.1 Å². The van der Waals surface area contributed by atoms with Crippen molar-refractivity contribution in [1.29, 1.82) is 0 Å². The van der Waals surface area contributed by atoms with Crippen molar-refractivity contribution < 1.29 is 4.79 Å². The Morgan fingerprint density at radius 3 is 2.48 bits per heavy atom. The molecule has 0 atom stereocenters. The van der Waals surface area contributed by atoms with Gasteiger partial charge in [0.15, 0.2) is 0 Å². The molecule has 2 amide bonds. The predicted molar refractivity (Wildman–Crippen MR) is 106 cm³/mol. The Morgan fingerprint density at radius 2 is 1.81 bits per heavy atom. The molecule has 0 fully saturated rings. The number of carbonyl (C=O) groups excluding carboxylic acids is 1. The maximum absolute atomic E-state index is 12.7. The van der Waals surface area contributed by atoms with E-state index in [1.54, 1.807) is 17.2 Å². The number of carbonyl (C=O) groups is 1. The molecule has 0 spiro atoms. The van der Waals surface area contributed by atoms with Crippen molar-refractivity contribution in [1.82, 2.24) is 9.88 Å². The predicted octanol–water partition coefficient (Wildman–Crippen LogP) is 3.48. The van der Waals surface area contributed by atoms with E-state index in [0.29, 0.717) is 13.1 Å². The summed E-state index contributed by atoms with van der Waals surface area (Å²) in [7, 11) is 0. The van der Waals surface area contributed by atoms with Gasteiger partial charge in [-0.1, -0.05) is 36.4 Å². The first-order valence-corrected chi connectivity index (χ1v) is 8.74. The molecule has 4 rings (SSSR count). The van der Waals surface area contributed by atoms with Gasteiger partial charge in [0.2, 0.25) is 0 Å². The van der Waals surface area contributed by atoms with E-state index in [-0.39, 0.29) is 17.3 Å². The summed E-state index contributed by atoms with van der Waals surface area (Å²) in [5.41, 5.74) is 11.3. The molecule has 2 heterocycles. The number of aromatic nitrogens is 1. The van der Waals surface area contributed by atoms with Crippen molar-refractivity contribution in [2.45, 2.75) is 20.0 Å². The van der Waals surface area contributed by atoms with E-state index in [9.17, 15) is 9.59 Å². The van der Waals surface area contributed by atoms with Gasteiger partial charge in [-0.25, -0.2) is 4.79 Å². The second-order valence-electron chi connectivity index (χ2n) is 6.71. The number of H-pyrrole nitrogens is 1. The van der Waals surface area contributed by atoms with Gasteiger partial charge < -0.3 is 20.9 Å². The molecule has 0 aliphatic carbocycles. The van der Waals surface area contributed by atoms with E-state index in [2.05, 4.69) is 22.4 Å². The number of urea groups is 1. The van der Waals surface area contributed by atoms with Gasteiger partial charge in [-0.15, -0.1) is 0 Å². The van der Waals surface area contributed by atoms with Crippen molar-refractivity contribution >= 4 is 17.4 Å². The normalized spacial score (nSPS) is 12.7. The van der Waals surface area contributed by atoms with Crippen LogP contribution in [-0.2, 0) is 13.1 Å². The van der Waals surface area contributed by atoms with Crippen molar-refractivity contribution in [2.75, 3.05) is 11.1 Å². The van der Waals surface area contributed by atoms with Crippen molar-refractivity contribution in [3.63, 3.8) is 0 Å². The number of aromatic amines is 1. The SMILES string of the molecule is Cc1c(NC(=O)N2Cc3ccccc3C2)cccc1-c1c[nH]c(=O)c(N)c1. The minimum absolute atomic E-state index is 0.132.